The van der Waals surface area contributed by atoms with E-state index in [9.17, 15) is 63.1 Å². The highest BCUT2D eigenvalue weighted by Gasteiger charge is 2.56. The Morgan fingerprint density at radius 3 is 1.32 bits per heavy atom. The van der Waals surface area contributed by atoms with E-state index < -0.39 is 91.3 Å². The highest BCUT2D eigenvalue weighted by Crippen LogP contribution is 2.51. The van der Waals surface area contributed by atoms with Crippen LogP contribution in [-0.2, 0) is 50.9 Å². The number of carbonyl (C=O) groups is 2. The number of ether oxygens (including phenoxy) is 2. The molecule has 0 saturated heterocycles. The summed E-state index contributed by atoms with van der Waals surface area (Å²) in [5, 5.41) is 31.7. The lowest BCUT2D eigenvalue weighted by molar-refractivity contribution is -0.213. The molecule has 8 atom stereocenters. The van der Waals surface area contributed by atoms with Crippen LogP contribution in [0.25, 0.3) is 0 Å². The third-order valence-corrected chi connectivity index (χ3v) is 11.6. The van der Waals surface area contributed by atoms with E-state index >= 15 is 0 Å². The van der Waals surface area contributed by atoms with Crippen molar-refractivity contribution >= 4 is 48.0 Å². The monoisotopic (exact) mass is 904 g/mol. The minimum atomic E-state index is -5.54. The van der Waals surface area contributed by atoms with E-state index in [2.05, 4.69) is 28.6 Å². The quantitative estimate of drug-likeness (QED) is 0.0175. The number of phosphoric acid groups is 3. The van der Waals surface area contributed by atoms with E-state index in [4.69, 9.17) is 18.5 Å². The Kier molecular flexibility index (Phi) is 28.4. The molecule has 1 aliphatic rings. The van der Waals surface area contributed by atoms with Gasteiger partial charge in [0.05, 0.1) is 6.61 Å². The smallest absolute Gasteiger partial charge is 0.462 e. The van der Waals surface area contributed by atoms with Crippen LogP contribution in [0.3, 0.4) is 0 Å². The van der Waals surface area contributed by atoms with Crippen LogP contribution < -0.4 is 0 Å². The molecule has 0 bridgehead atoms. The predicted octanol–water partition coefficient (Wildman–Crippen LogP) is 5.14. The molecule has 1 saturated carbocycles. The predicted molar refractivity (Wildman–Crippen MR) is 210 cm³/mol. The topological polar surface area (TPSA) is 303 Å². The highest BCUT2D eigenvalue weighted by atomic mass is 32.1. The van der Waals surface area contributed by atoms with Gasteiger partial charge < -0.3 is 49.3 Å². The fourth-order valence-corrected chi connectivity index (χ4v) is 8.54. The summed E-state index contributed by atoms with van der Waals surface area (Å²) in [6, 6.07) is 0. The van der Waals surface area contributed by atoms with Gasteiger partial charge in [-0.3, -0.25) is 27.7 Å². The van der Waals surface area contributed by atoms with Crippen molar-refractivity contribution in [2.45, 2.75) is 184 Å². The van der Waals surface area contributed by atoms with Gasteiger partial charge in [0.25, 0.3) is 0 Å². The van der Waals surface area contributed by atoms with Crippen molar-refractivity contribution in [2.75, 3.05) is 19.0 Å². The lowest BCUT2D eigenvalue weighted by Crippen LogP contribution is -2.65. The zero-order valence-electron chi connectivity index (χ0n) is 32.9. The molecule has 0 aromatic heterocycles. The standard InChI is InChI=1S/C34H67O19P3S/c1-2-3-4-5-6-7-8-9-10-11-12-16-19-22-28(36)50-26(24-48-27(35)21-18-15-13-14-17-20-23-57)25-49-56(46,47)53-34-30(38)32(51-54(40,41)42)29(37)33(31(34)39)52-55(43,44)45/h26,29-34,37-39,57H,2-25H2,1H3,(H,46,47)(H2,40,41,42)(H2,43,44,45)/t26-,29?,30+,31?,32+,33-,34?/m1/s1. The van der Waals surface area contributed by atoms with Gasteiger partial charge in [0.15, 0.2) is 6.10 Å². The molecule has 0 aromatic carbocycles. The van der Waals surface area contributed by atoms with Gasteiger partial charge in [0.2, 0.25) is 0 Å². The number of carbonyl (C=O) groups excluding carboxylic acids is 2. The fourth-order valence-electron chi connectivity index (χ4n) is 6.21. The van der Waals surface area contributed by atoms with Gasteiger partial charge in [-0.1, -0.05) is 110 Å². The number of aliphatic hydroxyl groups excluding tert-OH is 3. The third kappa shape index (κ3) is 26.4. The van der Waals surface area contributed by atoms with Crippen LogP contribution in [0.15, 0.2) is 0 Å². The van der Waals surface area contributed by atoms with Gasteiger partial charge in [-0.2, -0.15) is 12.6 Å². The molecule has 338 valence electrons. The maximum Gasteiger partial charge on any atom is 0.472 e. The Hall–Kier alpha value is -0.500. The summed E-state index contributed by atoms with van der Waals surface area (Å²) in [5.41, 5.74) is 0. The summed E-state index contributed by atoms with van der Waals surface area (Å²) in [6.07, 6.45) is 3.23. The maximum absolute atomic E-state index is 13.0. The molecule has 1 fully saturated rings. The molecule has 0 spiro atoms. The SMILES string of the molecule is CCCCCCCCCCCCCCCC(=O)O[C@H](COC(=O)CCCCCCCCS)COP(=O)(O)OC1C(O)[C@H](OP(=O)(O)O)C(O)[C@H](OP(=O)(O)O)[C@@H]1O. The Labute approximate surface area is 341 Å². The van der Waals surface area contributed by atoms with Crippen molar-refractivity contribution in [1.29, 1.82) is 0 Å². The lowest BCUT2D eigenvalue weighted by Gasteiger charge is -2.44. The Morgan fingerprint density at radius 1 is 0.544 bits per heavy atom. The fraction of sp³-hybridized carbons (Fsp3) is 0.941. The largest absolute Gasteiger partial charge is 0.472 e. The van der Waals surface area contributed by atoms with Crippen molar-refractivity contribution in [2.24, 2.45) is 0 Å². The van der Waals surface area contributed by atoms with Gasteiger partial charge >= 0.3 is 35.4 Å². The number of aliphatic hydroxyl groups is 3. The van der Waals surface area contributed by atoms with Crippen molar-refractivity contribution in [1.82, 2.24) is 0 Å². The summed E-state index contributed by atoms with van der Waals surface area (Å²) < 4.78 is 65.0. The summed E-state index contributed by atoms with van der Waals surface area (Å²) in [5.74, 6) is -0.526. The molecular weight excluding hydrogens is 837 g/mol. The van der Waals surface area contributed by atoms with Crippen LogP contribution >= 0.6 is 36.1 Å². The first-order valence-electron chi connectivity index (χ1n) is 19.9. The van der Waals surface area contributed by atoms with Gasteiger partial charge in [0.1, 0.15) is 43.2 Å². The first-order chi connectivity index (χ1) is 26.8. The minimum Gasteiger partial charge on any atom is -0.462 e. The van der Waals surface area contributed by atoms with E-state index in [0.717, 1.165) is 70.0 Å². The van der Waals surface area contributed by atoms with Crippen LogP contribution in [0.5, 0.6) is 0 Å². The van der Waals surface area contributed by atoms with E-state index in [1.54, 1.807) is 0 Å². The number of unbranched alkanes of at least 4 members (excludes halogenated alkanes) is 17. The molecule has 57 heavy (non-hydrogen) atoms. The summed E-state index contributed by atoms with van der Waals surface area (Å²) in [4.78, 5) is 72.6. The first kappa shape index (κ1) is 54.5. The first-order valence-corrected chi connectivity index (χ1v) is 25.1. The molecule has 0 aliphatic heterocycles. The van der Waals surface area contributed by atoms with Gasteiger partial charge in [-0.05, 0) is 25.0 Å². The minimum absolute atomic E-state index is 0.00653. The van der Waals surface area contributed by atoms with Crippen LogP contribution in [-0.4, -0.2) is 113 Å². The van der Waals surface area contributed by atoms with Crippen molar-refractivity contribution in [3.05, 3.63) is 0 Å². The average molecular weight is 905 g/mol. The van der Waals surface area contributed by atoms with Crippen LogP contribution in [0, 0.1) is 0 Å². The van der Waals surface area contributed by atoms with Gasteiger partial charge in [-0.15, -0.1) is 0 Å². The molecule has 0 radical (unpaired) electrons. The Morgan fingerprint density at radius 2 is 0.912 bits per heavy atom. The third-order valence-electron chi connectivity index (χ3n) is 9.22. The van der Waals surface area contributed by atoms with Crippen molar-refractivity contribution in [3.63, 3.8) is 0 Å². The van der Waals surface area contributed by atoms with E-state index in [0.29, 0.717) is 12.8 Å². The highest BCUT2D eigenvalue weighted by molar-refractivity contribution is 7.80. The number of hydrogen-bond acceptors (Lipinski definition) is 15. The zero-order chi connectivity index (χ0) is 42.9. The second-order valence-corrected chi connectivity index (χ2v) is 18.5. The molecular formula is C34H67O19P3S. The van der Waals surface area contributed by atoms with Gasteiger partial charge in [0, 0.05) is 12.8 Å². The van der Waals surface area contributed by atoms with Crippen molar-refractivity contribution in [3.8, 4) is 0 Å². The molecule has 0 aromatic rings. The molecule has 8 N–H and O–H groups in total. The molecule has 19 nitrogen and oxygen atoms in total. The average Bonchev–Trinajstić information content (AvgIpc) is 3.12. The zero-order valence-corrected chi connectivity index (χ0v) is 36.4. The number of rotatable bonds is 34. The maximum atomic E-state index is 13.0. The Balaban J connectivity index is 2.83. The molecule has 0 amide bonds. The van der Waals surface area contributed by atoms with Crippen LogP contribution in [0.4, 0.5) is 0 Å². The molecule has 1 rings (SSSR count). The second kappa shape index (κ2) is 29.7. The molecule has 4 unspecified atom stereocenters. The number of phosphoric ester groups is 3. The summed E-state index contributed by atoms with van der Waals surface area (Å²) in [6.45, 7) is 0.688. The van der Waals surface area contributed by atoms with E-state index in [-0.39, 0.29) is 12.8 Å². The summed E-state index contributed by atoms with van der Waals surface area (Å²) in [7, 11) is -16.6. The second-order valence-electron chi connectivity index (χ2n) is 14.3. The Bertz CT molecular complexity index is 1210. The van der Waals surface area contributed by atoms with Crippen molar-refractivity contribution < 1.29 is 90.6 Å². The van der Waals surface area contributed by atoms with Crippen LogP contribution in [0.1, 0.15) is 142 Å². The molecule has 0 heterocycles. The number of hydrogen-bond donors (Lipinski definition) is 9. The molecule has 1 aliphatic carbocycles. The lowest BCUT2D eigenvalue weighted by atomic mass is 9.85. The van der Waals surface area contributed by atoms with E-state index in [1.165, 1.54) is 44.9 Å². The number of esters is 2. The molecule has 23 heteroatoms. The van der Waals surface area contributed by atoms with Gasteiger partial charge in [-0.25, -0.2) is 13.7 Å². The number of thiol groups is 1. The van der Waals surface area contributed by atoms with Crippen LogP contribution in [0.2, 0.25) is 0 Å². The normalized spacial score (nSPS) is 23.2. The summed E-state index contributed by atoms with van der Waals surface area (Å²) >= 11 is 4.18. The van der Waals surface area contributed by atoms with E-state index in [1.807, 2.05) is 0 Å².